The van der Waals surface area contributed by atoms with Crippen LogP contribution in [0.2, 0.25) is 5.02 Å². The Balaban J connectivity index is 1.55. The van der Waals surface area contributed by atoms with Crippen LogP contribution in [0.1, 0.15) is 46.1 Å². The summed E-state index contributed by atoms with van der Waals surface area (Å²) in [5.74, 6) is -1.04. The van der Waals surface area contributed by atoms with Gasteiger partial charge in [0, 0.05) is 22.3 Å². The van der Waals surface area contributed by atoms with E-state index in [4.69, 9.17) is 11.6 Å². The fraction of sp³-hybridized carbons (Fsp3) is 0.238. The van der Waals surface area contributed by atoms with E-state index in [1.165, 1.54) is 12.1 Å². The molecule has 0 bridgehead atoms. The third-order valence-electron chi connectivity index (χ3n) is 5.29. The molecule has 0 spiro atoms. The van der Waals surface area contributed by atoms with Gasteiger partial charge < -0.3 is 20.7 Å². The number of rotatable bonds is 3. The Morgan fingerprint density at radius 2 is 1.94 bits per heavy atom. The molecule has 1 aromatic heterocycles. The van der Waals surface area contributed by atoms with E-state index in [0.29, 0.717) is 11.9 Å². The van der Waals surface area contributed by atoms with Crippen molar-refractivity contribution < 1.29 is 27.9 Å². The molecule has 6 nitrogen and oxygen atoms in total. The van der Waals surface area contributed by atoms with Gasteiger partial charge in [0.1, 0.15) is 0 Å². The number of nitrogens with one attached hydrogen (secondary N) is 3. The smallest absolute Gasteiger partial charge is 0.417 e. The molecule has 1 atom stereocenters. The number of hydrogen-bond acceptors (Lipinski definition) is 2. The quantitative estimate of drug-likeness (QED) is 0.409. The normalized spacial score (nSPS) is 16.1. The lowest BCUT2D eigenvalue weighted by Crippen LogP contribution is -2.34. The third-order valence-corrected chi connectivity index (χ3v) is 5.62. The third kappa shape index (κ3) is 4.18. The molecule has 3 aromatic rings. The molecule has 0 saturated heterocycles. The highest BCUT2D eigenvalue weighted by Gasteiger charge is 2.33. The van der Waals surface area contributed by atoms with Gasteiger partial charge in [0.25, 0.3) is 0 Å². The average Bonchev–Trinajstić information content (AvgIpc) is 3.07. The predicted molar refractivity (Wildman–Crippen MR) is 110 cm³/mol. The zero-order valence-corrected chi connectivity index (χ0v) is 16.7. The molecule has 0 saturated carbocycles. The zero-order valence-electron chi connectivity index (χ0n) is 15.9. The van der Waals surface area contributed by atoms with Crippen molar-refractivity contribution in [3.8, 4) is 0 Å². The number of alkyl halides is 3. The van der Waals surface area contributed by atoms with Gasteiger partial charge in [-0.25, -0.2) is 9.59 Å². The Bertz CT molecular complexity index is 1190. The second kappa shape index (κ2) is 7.81. The number of hydrogen-bond donors (Lipinski definition) is 4. The number of carbonyl (C=O) groups excluding carboxylic acids is 1. The minimum absolute atomic E-state index is 0.0343. The van der Waals surface area contributed by atoms with E-state index in [1.54, 1.807) is 12.1 Å². The number of fused-ring (bicyclic) bond motifs is 3. The van der Waals surface area contributed by atoms with Crippen molar-refractivity contribution in [2.75, 3.05) is 5.32 Å². The maximum atomic E-state index is 13.0. The molecular weight excluding hydrogens is 435 g/mol. The summed E-state index contributed by atoms with van der Waals surface area (Å²) in [5.41, 5.74) is 1.51. The monoisotopic (exact) mass is 451 g/mol. The van der Waals surface area contributed by atoms with Crippen molar-refractivity contribution in [2.24, 2.45) is 0 Å². The molecule has 0 radical (unpaired) electrons. The maximum Gasteiger partial charge on any atom is 0.417 e. The van der Waals surface area contributed by atoms with Gasteiger partial charge in [-0.2, -0.15) is 13.2 Å². The fourth-order valence-electron chi connectivity index (χ4n) is 3.89. The number of benzene rings is 2. The topological polar surface area (TPSA) is 94.2 Å². The van der Waals surface area contributed by atoms with E-state index < -0.39 is 28.8 Å². The summed E-state index contributed by atoms with van der Waals surface area (Å²) in [6, 6.07) is 6.92. The number of urea groups is 1. The first-order chi connectivity index (χ1) is 14.6. The van der Waals surface area contributed by atoms with Crippen molar-refractivity contribution >= 4 is 40.2 Å². The van der Waals surface area contributed by atoms with Gasteiger partial charge in [0.15, 0.2) is 0 Å². The largest absolute Gasteiger partial charge is 0.478 e. The Kier molecular flexibility index (Phi) is 5.30. The highest BCUT2D eigenvalue weighted by molar-refractivity contribution is 6.31. The molecule has 10 heteroatoms. The van der Waals surface area contributed by atoms with Crippen LogP contribution < -0.4 is 10.6 Å². The molecule has 1 unspecified atom stereocenters. The van der Waals surface area contributed by atoms with Gasteiger partial charge in [-0.3, -0.25) is 0 Å². The molecule has 0 fully saturated rings. The number of carboxylic acids is 1. The summed E-state index contributed by atoms with van der Waals surface area (Å²) in [7, 11) is 0. The molecule has 162 valence electrons. The minimum Gasteiger partial charge on any atom is -0.478 e. The number of aromatic amines is 1. The summed E-state index contributed by atoms with van der Waals surface area (Å²) in [6.07, 6.45) is -2.44. The SMILES string of the molecule is O=C(Nc1ccc(Cl)c(C(F)(F)F)c1)NC1CCCc2c1[nH]c1cc(C(=O)O)ccc21. The van der Waals surface area contributed by atoms with Crippen LogP contribution >= 0.6 is 11.6 Å². The van der Waals surface area contributed by atoms with E-state index in [0.717, 1.165) is 41.6 Å². The van der Waals surface area contributed by atoms with Gasteiger partial charge in [-0.1, -0.05) is 17.7 Å². The first-order valence-electron chi connectivity index (χ1n) is 9.45. The first-order valence-corrected chi connectivity index (χ1v) is 9.83. The molecule has 1 aliphatic rings. The Morgan fingerprint density at radius 1 is 1.16 bits per heavy atom. The Labute approximate surface area is 179 Å². The number of halogens is 4. The first kappa shape index (κ1) is 21.0. The van der Waals surface area contributed by atoms with E-state index in [1.807, 2.05) is 0 Å². The van der Waals surface area contributed by atoms with E-state index in [9.17, 15) is 27.9 Å². The maximum absolute atomic E-state index is 13.0. The van der Waals surface area contributed by atoms with Crippen LogP contribution in [-0.4, -0.2) is 22.1 Å². The summed E-state index contributed by atoms with van der Waals surface area (Å²) in [6.45, 7) is 0. The van der Waals surface area contributed by atoms with Crippen molar-refractivity contribution in [2.45, 2.75) is 31.5 Å². The van der Waals surface area contributed by atoms with Crippen LogP contribution in [0.4, 0.5) is 23.7 Å². The van der Waals surface area contributed by atoms with Crippen molar-refractivity contribution in [3.63, 3.8) is 0 Å². The zero-order chi connectivity index (χ0) is 22.3. The molecule has 4 N–H and O–H groups in total. The number of carbonyl (C=O) groups is 2. The fourth-order valence-corrected chi connectivity index (χ4v) is 4.12. The second-order valence-corrected chi connectivity index (χ2v) is 7.73. The molecular formula is C21H17ClF3N3O3. The summed E-state index contributed by atoms with van der Waals surface area (Å²) >= 11 is 5.61. The van der Waals surface area contributed by atoms with Crippen LogP contribution in [-0.2, 0) is 12.6 Å². The van der Waals surface area contributed by atoms with Crippen molar-refractivity contribution in [1.82, 2.24) is 10.3 Å². The standard InChI is InChI=1S/C21H17ClF3N3O3/c22-15-7-5-11(9-14(15)21(23,24)25)26-20(31)28-16-3-1-2-13-12-6-4-10(19(29)30)8-17(12)27-18(13)16/h4-9,16,27H,1-3H2,(H,29,30)(H2,26,28,31). The lowest BCUT2D eigenvalue weighted by atomic mass is 9.91. The minimum atomic E-state index is -4.64. The second-order valence-electron chi connectivity index (χ2n) is 7.32. The molecule has 4 rings (SSSR count). The molecule has 31 heavy (non-hydrogen) atoms. The van der Waals surface area contributed by atoms with E-state index >= 15 is 0 Å². The van der Waals surface area contributed by atoms with Crippen LogP contribution in [0.25, 0.3) is 10.9 Å². The number of carboxylic acid groups (broad SMARTS) is 1. The lowest BCUT2D eigenvalue weighted by Gasteiger charge is -2.24. The van der Waals surface area contributed by atoms with E-state index in [2.05, 4.69) is 15.6 Å². The van der Waals surface area contributed by atoms with Crippen molar-refractivity contribution in [3.05, 3.63) is 63.8 Å². The summed E-state index contributed by atoms with van der Waals surface area (Å²) in [4.78, 5) is 26.9. The highest BCUT2D eigenvalue weighted by atomic mass is 35.5. The van der Waals surface area contributed by atoms with Crippen molar-refractivity contribution in [1.29, 1.82) is 0 Å². The molecule has 1 aliphatic carbocycles. The average molecular weight is 452 g/mol. The summed E-state index contributed by atoms with van der Waals surface area (Å²) < 4.78 is 39.1. The van der Waals surface area contributed by atoms with E-state index in [-0.39, 0.29) is 17.3 Å². The van der Waals surface area contributed by atoms with Crippen LogP contribution in [0.3, 0.4) is 0 Å². The van der Waals surface area contributed by atoms with Gasteiger partial charge >= 0.3 is 18.2 Å². The van der Waals surface area contributed by atoms with Gasteiger partial charge in [-0.15, -0.1) is 0 Å². The van der Waals surface area contributed by atoms with Crippen LogP contribution in [0.15, 0.2) is 36.4 Å². The molecule has 1 heterocycles. The lowest BCUT2D eigenvalue weighted by molar-refractivity contribution is -0.137. The Hall–Kier alpha value is -3.20. The number of H-pyrrole nitrogens is 1. The Morgan fingerprint density at radius 3 is 2.65 bits per heavy atom. The molecule has 2 aromatic carbocycles. The predicted octanol–water partition coefficient (Wildman–Crippen LogP) is 5.74. The summed E-state index contributed by atoms with van der Waals surface area (Å²) in [5, 5.41) is 14.8. The van der Waals surface area contributed by atoms with Gasteiger partial charge in [0.2, 0.25) is 0 Å². The number of aryl methyl sites for hydroxylation is 1. The number of aromatic carboxylic acids is 1. The number of anilines is 1. The van der Waals surface area contributed by atoms with Crippen LogP contribution in [0, 0.1) is 0 Å². The van der Waals surface area contributed by atoms with Gasteiger partial charge in [0.05, 0.1) is 22.2 Å². The number of aromatic nitrogens is 1. The molecule has 2 amide bonds. The van der Waals surface area contributed by atoms with Crippen LogP contribution in [0.5, 0.6) is 0 Å². The number of amides is 2. The highest BCUT2D eigenvalue weighted by Crippen LogP contribution is 2.37. The molecule has 0 aliphatic heterocycles. The van der Waals surface area contributed by atoms with Gasteiger partial charge in [-0.05, 0) is 55.2 Å².